The zero-order valence-electron chi connectivity index (χ0n) is 10.9. The Hall–Kier alpha value is -1.07. The molecule has 2 aromatic rings. The Morgan fingerprint density at radius 2 is 2.05 bits per heavy atom. The van der Waals surface area contributed by atoms with Gasteiger partial charge < -0.3 is 14.5 Å². The number of methoxy groups -OCH3 is 1. The predicted octanol–water partition coefficient (Wildman–Crippen LogP) is 4.53. The van der Waals surface area contributed by atoms with Crippen molar-refractivity contribution in [3.63, 3.8) is 0 Å². The number of ether oxygens (including phenoxy) is 1. The summed E-state index contributed by atoms with van der Waals surface area (Å²) in [5.41, 5.74) is 1.00. The van der Waals surface area contributed by atoms with Crippen LogP contribution in [0, 0.1) is 0 Å². The van der Waals surface area contributed by atoms with E-state index in [1.54, 1.807) is 18.9 Å². The van der Waals surface area contributed by atoms with Gasteiger partial charge in [0.2, 0.25) is 0 Å². The van der Waals surface area contributed by atoms with Gasteiger partial charge in [-0.1, -0.05) is 0 Å². The molecule has 1 N–H and O–H groups in total. The van der Waals surface area contributed by atoms with E-state index in [0.29, 0.717) is 6.54 Å². The minimum Gasteiger partial charge on any atom is -0.495 e. The third-order valence-corrected chi connectivity index (χ3v) is 3.85. The van der Waals surface area contributed by atoms with E-state index in [4.69, 9.17) is 9.15 Å². The molecule has 0 radical (unpaired) electrons. The molecule has 0 bridgehead atoms. The minimum atomic E-state index is 0.666. The molecule has 1 heterocycles. The number of hydrogen-bond donors (Lipinski definition) is 1. The van der Waals surface area contributed by atoms with Gasteiger partial charge in [-0.15, -0.1) is 0 Å². The number of benzene rings is 1. The molecule has 0 atom stereocenters. The summed E-state index contributed by atoms with van der Waals surface area (Å²) in [4.78, 5) is 0. The van der Waals surface area contributed by atoms with Gasteiger partial charge in [0.1, 0.15) is 17.3 Å². The van der Waals surface area contributed by atoms with Crippen LogP contribution in [0.4, 0.5) is 5.69 Å². The quantitative estimate of drug-likeness (QED) is 0.837. The lowest BCUT2D eigenvalue weighted by Crippen LogP contribution is -1.98. The maximum Gasteiger partial charge on any atom is 0.135 e. The first-order chi connectivity index (χ1) is 9.22. The van der Waals surface area contributed by atoms with Gasteiger partial charge in [0.15, 0.2) is 0 Å². The maximum absolute atomic E-state index is 5.70. The Bertz CT molecular complexity index is 542. The van der Waals surface area contributed by atoms with Crippen molar-refractivity contribution in [2.75, 3.05) is 18.7 Å². The fourth-order valence-electron chi connectivity index (χ4n) is 1.70. The van der Waals surface area contributed by atoms with E-state index in [1.165, 1.54) is 0 Å². The predicted molar refractivity (Wildman–Crippen MR) is 83.9 cm³/mol. The van der Waals surface area contributed by atoms with Crippen molar-refractivity contribution >= 4 is 33.4 Å². The molecule has 0 spiro atoms. The van der Waals surface area contributed by atoms with Gasteiger partial charge in [-0.05, 0) is 46.5 Å². The van der Waals surface area contributed by atoms with E-state index in [1.807, 2.05) is 30.3 Å². The molecular weight excluding hydrogens is 326 g/mol. The summed E-state index contributed by atoms with van der Waals surface area (Å²) >= 11 is 5.19. The molecule has 0 aliphatic heterocycles. The highest BCUT2D eigenvalue weighted by molar-refractivity contribution is 9.10. The number of anilines is 1. The number of furan rings is 1. The Balaban J connectivity index is 1.97. The minimum absolute atomic E-state index is 0.666. The van der Waals surface area contributed by atoms with Crippen LogP contribution in [0.5, 0.6) is 5.75 Å². The summed E-state index contributed by atoms with van der Waals surface area (Å²) in [6.45, 7) is 0.666. The van der Waals surface area contributed by atoms with Crippen LogP contribution in [0.15, 0.2) is 39.2 Å². The molecule has 5 heteroatoms. The summed E-state index contributed by atoms with van der Waals surface area (Å²) < 4.78 is 11.9. The van der Waals surface area contributed by atoms with Gasteiger partial charge >= 0.3 is 0 Å². The lowest BCUT2D eigenvalue weighted by atomic mass is 10.3. The van der Waals surface area contributed by atoms with Crippen molar-refractivity contribution < 1.29 is 9.15 Å². The van der Waals surface area contributed by atoms with Crippen LogP contribution in [-0.4, -0.2) is 13.4 Å². The average molecular weight is 342 g/mol. The first-order valence-corrected chi connectivity index (χ1v) is 8.05. The van der Waals surface area contributed by atoms with E-state index in [2.05, 4.69) is 27.5 Å². The van der Waals surface area contributed by atoms with Crippen LogP contribution in [0.1, 0.15) is 11.5 Å². The second kappa shape index (κ2) is 6.91. The molecule has 0 saturated heterocycles. The monoisotopic (exact) mass is 341 g/mol. The Morgan fingerprint density at radius 1 is 1.26 bits per heavy atom. The number of thioether (sulfide) groups is 1. The van der Waals surface area contributed by atoms with Crippen molar-refractivity contribution in [2.24, 2.45) is 0 Å². The van der Waals surface area contributed by atoms with Crippen LogP contribution in [0.25, 0.3) is 0 Å². The van der Waals surface area contributed by atoms with Gasteiger partial charge in [-0.3, -0.25) is 0 Å². The fraction of sp³-hybridized carbons (Fsp3) is 0.286. The van der Waals surface area contributed by atoms with Gasteiger partial charge in [0, 0.05) is 11.8 Å². The first kappa shape index (κ1) is 14.3. The molecule has 0 amide bonds. The number of rotatable bonds is 6. The molecule has 1 aromatic carbocycles. The molecule has 1 aromatic heterocycles. The van der Waals surface area contributed by atoms with Crippen molar-refractivity contribution in [1.29, 1.82) is 0 Å². The molecule has 102 valence electrons. The van der Waals surface area contributed by atoms with Crippen molar-refractivity contribution in [1.82, 2.24) is 0 Å². The third kappa shape index (κ3) is 3.94. The third-order valence-electron chi connectivity index (χ3n) is 2.62. The van der Waals surface area contributed by atoms with E-state index in [9.17, 15) is 0 Å². The van der Waals surface area contributed by atoms with Crippen LogP contribution in [0.2, 0.25) is 0 Å². The Morgan fingerprint density at radius 3 is 2.79 bits per heavy atom. The van der Waals surface area contributed by atoms with Crippen LogP contribution in [0.3, 0.4) is 0 Å². The zero-order valence-corrected chi connectivity index (χ0v) is 13.3. The fourth-order valence-corrected chi connectivity index (χ4v) is 2.54. The number of halogens is 1. The highest BCUT2D eigenvalue weighted by Crippen LogP contribution is 2.28. The number of nitrogens with one attached hydrogen (secondary N) is 1. The summed E-state index contributed by atoms with van der Waals surface area (Å²) in [5, 5.41) is 3.32. The SMILES string of the molecule is COc1cc(NCc2ccc(CSC)o2)ccc1Br. The Labute approximate surface area is 125 Å². The molecule has 19 heavy (non-hydrogen) atoms. The normalized spacial score (nSPS) is 10.5. The lowest BCUT2D eigenvalue weighted by Gasteiger charge is -2.08. The second-order valence-electron chi connectivity index (χ2n) is 4.00. The highest BCUT2D eigenvalue weighted by Gasteiger charge is 2.04. The summed E-state index contributed by atoms with van der Waals surface area (Å²) in [5.74, 6) is 3.67. The molecule has 0 aliphatic rings. The van der Waals surface area contributed by atoms with Gasteiger partial charge in [0.25, 0.3) is 0 Å². The second-order valence-corrected chi connectivity index (χ2v) is 5.72. The van der Waals surface area contributed by atoms with Crippen molar-refractivity contribution in [2.45, 2.75) is 12.3 Å². The molecule has 2 rings (SSSR count). The molecule has 0 fully saturated rings. The summed E-state index contributed by atoms with van der Waals surface area (Å²) in [6, 6.07) is 9.95. The smallest absolute Gasteiger partial charge is 0.135 e. The Kier molecular flexibility index (Phi) is 5.22. The van der Waals surface area contributed by atoms with E-state index >= 15 is 0 Å². The van der Waals surface area contributed by atoms with E-state index in [0.717, 1.165) is 33.2 Å². The largest absolute Gasteiger partial charge is 0.495 e. The van der Waals surface area contributed by atoms with Gasteiger partial charge in [-0.2, -0.15) is 11.8 Å². The standard InChI is InChI=1S/C14H16BrNO2S/c1-17-14-7-10(3-6-13(14)15)16-8-11-4-5-12(18-11)9-19-2/h3-7,16H,8-9H2,1-2H3. The lowest BCUT2D eigenvalue weighted by molar-refractivity contribution is 0.412. The topological polar surface area (TPSA) is 34.4 Å². The van der Waals surface area contributed by atoms with E-state index < -0.39 is 0 Å². The van der Waals surface area contributed by atoms with Crippen molar-refractivity contribution in [3.8, 4) is 5.75 Å². The van der Waals surface area contributed by atoms with E-state index in [-0.39, 0.29) is 0 Å². The van der Waals surface area contributed by atoms with Crippen LogP contribution in [-0.2, 0) is 12.3 Å². The average Bonchev–Trinajstić information content (AvgIpc) is 2.86. The molecular formula is C14H16BrNO2S. The summed E-state index contributed by atoms with van der Waals surface area (Å²) in [7, 11) is 1.66. The number of hydrogen-bond acceptors (Lipinski definition) is 4. The van der Waals surface area contributed by atoms with Crippen molar-refractivity contribution in [3.05, 3.63) is 46.3 Å². The molecule has 0 unspecified atom stereocenters. The molecule has 0 aliphatic carbocycles. The van der Waals surface area contributed by atoms with Gasteiger partial charge in [0.05, 0.1) is 23.9 Å². The molecule has 3 nitrogen and oxygen atoms in total. The highest BCUT2D eigenvalue weighted by atomic mass is 79.9. The van der Waals surface area contributed by atoms with Crippen LogP contribution >= 0.6 is 27.7 Å². The first-order valence-electron chi connectivity index (χ1n) is 5.87. The zero-order chi connectivity index (χ0) is 13.7. The maximum atomic E-state index is 5.70. The summed E-state index contributed by atoms with van der Waals surface area (Å²) in [6.07, 6.45) is 2.06. The van der Waals surface area contributed by atoms with Gasteiger partial charge in [-0.25, -0.2) is 0 Å². The molecule has 0 saturated carbocycles. The van der Waals surface area contributed by atoms with Crippen LogP contribution < -0.4 is 10.1 Å².